The van der Waals surface area contributed by atoms with Crippen LogP contribution in [0.3, 0.4) is 0 Å². The molecule has 1 N–H and O–H groups in total. The van der Waals surface area contributed by atoms with Gasteiger partial charge in [0.2, 0.25) is 15.9 Å². The van der Waals surface area contributed by atoms with Crippen LogP contribution in [0.2, 0.25) is 0 Å². The summed E-state index contributed by atoms with van der Waals surface area (Å²) in [5, 5.41) is 0. The highest BCUT2D eigenvalue weighted by atomic mass is 32.2. The molecule has 1 heterocycles. The van der Waals surface area contributed by atoms with Crippen molar-refractivity contribution in [2.75, 3.05) is 6.26 Å². The van der Waals surface area contributed by atoms with Crippen molar-refractivity contribution in [2.45, 2.75) is 6.54 Å². The molecule has 0 bridgehead atoms. The number of aromatic nitrogens is 1. The summed E-state index contributed by atoms with van der Waals surface area (Å²) >= 11 is 0. The predicted molar refractivity (Wildman–Crippen MR) is 72.4 cm³/mol. The number of hydrogen-bond donors (Lipinski definition) is 1. The van der Waals surface area contributed by atoms with Gasteiger partial charge in [-0.15, -0.1) is 0 Å². The van der Waals surface area contributed by atoms with E-state index in [1.54, 1.807) is 12.1 Å². The molecule has 0 aliphatic rings. The van der Waals surface area contributed by atoms with Gasteiger partial charge in [-0.1, -0.05) is 0 Å². The molecule has 2 rings (SSSR count). The summed E-state index contributed by atoms with van der Waals surface area (Å²) in [4.78, 5) is 4.01. The van der Waals surface area contributed by atoms with Gasteiger partial charge in [-0.3, -0.25) is 0 Å². The second-order valence-corrected chi connectivity index (χ2v) is 5.98. The SMILES string of the molecule is CS(=O)(=O)NCc1ccnc(Oc2ccc(F)cc2)c1. The predicted octanol–water partition coefficient (Wildman–Crippen LogP) is 2.06. The van der Waals surface area contributed by atoms with Crippen LogP contribution in [0.15, 0.2) is 42.6 Å². The number of hydrogen-bond acceptors (Lipinski definition) is 4. The lowest BCUT2D eigenvalue weighted by atomic mass is 10.3. The lowest BCUT2D eigenvalue weighted by molar-refractivity contribution is 0.460. The fourth-order valence-electron chi connectivity index (χ4n) is 1.45. The molecule has 0 radical (unpaired) electrons. The third kappa shape index (κ3) is 4.60. The lowest BCUT2D eigenvalue weighted by Crippen LogP contribution is -2.21. The molecule has 0 aliphatic carbocycles. The number of ether oxygens (including phenoxy) is 1. The van der Waals surface area contributed by atoms with Crippen molar-refractivity contribution in [3.05, 3.63) is 54.0 Å². The molecule has 2 aromatic rings. The van der Waals surface area contributed by atoms with E-state index in [1.807, 2.05) is 0 Å². The molecule has 5 nitrogen and oxygen atoms in total. The van der Waals surface area contributed by atoms with E-state index < -0.39 is 10.0 Å². The van der Waals surface area contributed by atoms with Gasteiger partial charge in [0, 0.05) is 18.8 Å². The second kappa shape index (κ2) is 5.98. The quantitative estimate of drug-likeness (QED) is 0.917. The molecule has 0 amide bonds. The Labute approximate surface area is 116 Å². The summed E-state index contributed by atoms with van der Waals surface area (Å²) in [6.45, 7) is 0.154. The zero-order valence-corrected chi connectivity index (χ0v) is 11.5. The van der Waals surface area contributed by atoms with Gasteiger partial charge in [0.25, 0.3) is 0 Å². The maximum atomic E-state index is 12.8. The molecule has 106 valence electrons. The smallest absolute Gasteiger partial charge is 0.219 e. The molecular weight excluding hydrogens is 283 g/mol. The molecule has 0 unspecified atom stereocenters. The highest BCUT2D eigenvalue weighted by molar-refractivity contribution is 7.88. The monoisotopic (exact) mass is 296 g/mol. The third-order valence-electron chi connectivity index (χ3n) is 2.37. The number of nitrogens with zero attached hydrogens (tertiary/aromatic N) is 1. The summed E-state index contributed by atoms with van der Waals surface area (Å²) in [7, 11) is -3.25. The summed E-state index contributed by atoms with van der Waals surface area (Å²) in [5.41, 5.74) is 0.711. The van der Waals surface area contributed by atoms with E-state index in [4.69, 9.17) is 4.74 Å². The zero-order valence-electron chi connectivity index (χ0n) is 10.7. The largest absolute Gasteiger partial charge is 0.439 e. The van der Waals surface area contributed by atoms with E-state index in [1.165, 1.54) is 30.5 Å². The third-order valence-corrected chi connectivity index (χ3v) is 3.04. The first-order valence-electron chi connectivity index (χ1n) is 5.75. The van der Waals surface area contributed by atoms with E-state index in [0.717, 1.165) is 6.26 Å². The van der Waals surface area contributed by atoms with Gasteiger partial charge in [0.15, 0.2) is 0 Å². The normalized spacial score (nSPS) is 11.3. The molecular formula is C13H13FN2O3S. The number of pyridine rings is 1. The Morgan fingerprint density at radius 3 is 2.60 bits per heavy atom. The standard InChI is InChI=1S/C13H13FN2O3S/c1-20(17,18)16-9-10-6-7-15-13(8-10)19-12-4-2-11(14)3-5-12/h2-8,16H,9H2,1H3. The van der Waals surface area contributed by atoms with E-state index >= 15 is 0 Å². The van der Waals surface area contributed by atoms with Gasteiger partial charge in [0.05, 0.1) is 6.26 Å². The van der Waals surface area contributed by atoms with Crippen LogP contribution >= 0.6 is 0 Å². The topological polar surface area (TPSA) is 68.3 Å². The molecule has 0 saturated heterocycles. The number of sulfonamides is 1. The molecule has 0 atom stereocenters. The van der Waals surface area contributed by atoms with Gasteiger partial charge in [0.1, 0.15) is 11.6 Å². The Hall–Kier alpha value is -1.99. The van der Waals surface area contributed by atoms with Crippen molar-refractivity contribution in [1.82, 2.24) is 9.71 Å². The molecule has 0 fully saturated rings. The molecule has 1 aromatic carbocycles. The first-order valence-corrected chi connectivity index (χ1v) is 7.64. The van der Waals surface area contributed by atoms with Gasteiger partial charge in [-0.2, -0.15) is 0 Å². The van der Waals surface area contributed by atoms with Crippen LogP contribution in [0.4, 0.5) is 4.39 Å². The molecule has 0 saturated carbocycles. The molecule has 20 heavy (non-hydrogen) atoms. The lowest BCUT2D eigenvalue weighted by Gasteiger charge is -2.07. The van der Waals surface area contributed by atoms with Gasteiger partial charge >= 0.3 is 0 Å². The van der Waals surface area contributed by atoms with Crippen LogP contribution in [0.25, 0.3) is 0 Å². The maximum Gasteiger partial charge on any atom is 0.219 e. The minimum Gasteiger partial charge on any atom is -0.439 e. The van der Waals surface area contributed by atoms with Crippen LogP contribution in [-0.4, -0.2) is 19.7 Å². The molecule has 1 aromatic heterocycles. The van der Waals surface area contributed by atoms with Crippen molar-refractivity contribution in [1.29, 1.82) is 0 Å². The van der Waals surface area contributed by atoms with Crippen LogP contribution < -0.4 is 9.46 Å². The molecule has 0 aliphatic heterocycles. The first kappa shape index (κ1) is 14.4. The van der Waals surface area contributed by atoms with E-state index in [9.17, 15) is 12.8 Å². The Bertz CT molecular complexity index is 687. The highest BCUT2D eigenvalue weighted by Crippen LogP contribution is 2.20. The average molecular weight is 296 g/mol. The van der Waals surface area contributed by atoms with E-state index in [0.29, 0.717) is 17.2 Å². The van der Waals surface area contributed by atoms with Crippen molar-refractivity contribution in [2.24, 2.45) is 0 Å². The number of rotatable bonds is 5. The fourth-order valence-corrected chi connectivity index (χ4v) is 1.88. The highest BCUT2D eigenvalue weighted by Gasteiger charge is 2.04. The zero-order chi connectivity index (χ0) is 14.6. The van der Waals surface area contributed by atoms with Crippen LogP contribution in [0.5, 0.6) is 11.6 Å². The van der Waals surface area contributed by atoms with Crippen LogP contribution in [-0.2, 0) is 16.6 Å². The van der Waals surface area contributed by atoms with Crippen molar-refractivity contribution in [3.8, 4) is 11.6 Å². The Morgan fingerprint density at radius 1 is 1.25 bits per heavy atom. The summed E-state index contributed by atoms with van der Waals surface area (Å²) in [5.74, 6) is 0.410. The second-order valence-electron chi connectivity index (χ2n) is 4.15. The fraction of sp³-hybridized carbons (Fsp3) is 0.154. The van der Waals surface area contributed by atoms with E-state index in [2.05, 4.69) is 9.71 Å². The van der Waals surface area contributed by atoms with Crippen molar-refractivity contribution in [3.63, 3.8) is 0 Å². The Kier molecular flexibility index (Phi) is 4.31. The number of benzene rings is 1. The Balaban J connectivity index is 2.07. The van der Waals surface area contributed by atoms with E-state index in [-0.39, 0.29) is 12.4 Å². The Morgan fingerprint density at radius 2 is 1.95 bits per heavy atom. The minimum absolute atomic E-state index is 0.154. The summed E-state index contributed by atoms with van der Waals surface area (Å²) in [6, 6.07) is 8.82. The van der Waals surface area contributed by atoms with Crippen LogP contribution in [0, 0.1) is 5.82 Å². The number of nitrogens with one attached hydrogen (secondary N) is 1. The number of halogens is 1. The average Bonchev–Trinajstić information content (AvgIpc) is 2.39. The van der Waals surface area contributed by atoms with Crippen LogP contribution in [0.1, 0.15) is 5.56 Å². The van der Waals surface area contributed by atoms with Gasteiger partial charge in [-0.05, 0) is 35.9 Å². The van der Waals surface area contributed by atoms with Gasteiger partial charge in [-0.25, -0.2) is 22.5 Å². The van der Waals surface area contributed by atoms with Gasteiger partial charge < -0.3 is 4.74 Å². The molecule has 7 heteroatoms. The summed E-state index contributed by atoms with van der Waals surface area (Å²) < 4.78 is 42.6. The first-order chi connectivity index (χ1) is 9.42. The van der Waals surface area contributed by atoms with Crippen molar-refractivity contribution >= 4 is 10.0 Å². The molecule has 0 spiro atoms. The summed E-state index contributed by atoms with van der Waals surface area (Å²) in [6.07, 6.45) is 2.60. The minimum atomic E-state index is -3.25. The van der Waals surface area contributed by atoms with Crippen molar-refractivity contribution < 1.29 is 17.5 Å². The maximum absolute atomic E-state index is 12.8.